The van der Waals surface area contributed by atoms with Crippen molar-refractivity contribution in [2.45, 2.75) is 64.5 Å². The van der Waals surface area contributed by atoms with Crippen molar-refractivity contribution in [1.82, 2.24) is 10.2 Å². The van der Waals surface area contributed by atoms with Crippen LogP contribution in [0.3, 0.4) is 0 Å². The van der Waals surface area contributed by atoms with E-state index >= 15 is 0 Å². The fourth-order valence-electron chi connectivity index (χ4n) is 2.95. The molecular weight excluding hydrogens is 196 g/mol. The summed E-state index contributed by atoms with van der Waals surface area (Å²) in [5.74, 6) is 1.08. The van der Waals surface area contributed by atoms with Gasteiger partial charge in [0.2, 0.25) is 0 Å². The van der Waals surface area contributed by atoms with Gasteiger partial charge in [0.05, 0.1) is 0 Å². The molecule has 1 aliphatic carbocycles. The van der Waals surface area contributed by atoms with Gasteiger partial charge in [0.25, 0.3) is 0 Å². The quantitative estimate of drug-likeness (QED) is 0.715. The zero-order chi connectivity index (χ0) is 11.4. The fraction of sp³-hybridized carbons (Fsp3) is 1.00. The number of likely N-dealkylation sites (tertiary alicyclic amines) is 1. The van der Waals surface area contributed by atoms with E-state index in [2.05, 4.69) is 24.1 Å². The molecule has 2 nitrogen and oxygen atoms in total. The molecule has 2 fully saturated rings. The van der Waals surface area contributed by atoms with Crippen molar-refractivity contribution >= 4 is 0 Å². The molecule has 1 N–H and O–H groups in total. The van der Waals surface area contributed by atoms with Gasteiger partial charge in [-0.05, 0) is 38.1 Å². The summed E-state index contributed by atoms with van der Waals surface area (Å²) in [6.45, 7) is 8.43. The molecule has 2 atom stereocenters. The van der Waals surface area contributed by atoms with E-state index < -0.39 is 0 Å². The highest BCUT2D eigenvalue weighted by Crippen LogP contribution is 2.36. The summed E-state index contributed by atoms with van der Waals surface area (Å²) >= 11 is 0. The second-order valence-corrected chi connectivity index (χ2v) is 5.68. The van der Waals surface area contributed by atoms with Gasteiger partial charge in [-0.3, -0.25) is 4.90 Å². The fourth-order valence-corrected chi connectivity index (χ4v) is 2.95. The van der Waals surface area contributed by atoms with Crippen LogP contribution < -0.4 is 5.32 Å². The van der Waals surface area contributed by atoms with Crippen LogP contribution in [0.25, 0.3) is 0 Å². The molecule has 2 rings (SSSR count). The van der Waals surface area contributed by atoms with Crippen LogP contribution in [0.2, 0.25) is 0 Å². The lowest BCUT2D eigenvalue weighted by Gasteiger charge is -2.27. The minimum Gasteiger partial charge on any atom is -0.313 e. The lowest BCUT2D eigenvalue weighted by Crippen LogP contribution is -2.37. The van der Waals surface area contributed by atoms with Crippen LogP contribution in [-0.2, 0) is 0 Å². The average Bonchev–Trinajstić information content (AvgIpc) is 3.00. The largest absolute Gasteiger partial charge is 0.313 e. The molecule has 0 amide bonds. The third-order valence-corrected chi connectivity index (χ3v) is 4.19. The first-order valence-corrected chi connectivity index (χ1v) is 7.30. The van der Waals surface area contributed by atoms with Crippen LogP contribution in [0, 0.1) is 5.92 Å². The monoisotopic (exact) mass is 224 g/mol. The molecule has 2 heteroatoms. The molecule has 0 bridgehead atoms. The molecule has 1 heterocycles. The van der Waals surface area contributed by atoms with Crippen LogP contribution in [-0.4, -0.2) is 36.6 Å². The van der Waals surface area contributed by atoms with E-state index in [9.17, 15) is 0 Å². The Kier molecular flexibility index (Phi) is 4.66. The van der Waals surface area contributed by atoms with Crippen molar-refractivity contribution in [3.8, 4) is 0 Å². The summed E-state index contributed by atoms with van der Waals surface area (Å²) in [7, 11) is 0. The van der Waals surface area contributed by atoms with E-state index in [1.165, 1.54) is 58.2 Å². The van der Waals surface area contributed by atoms with Gasteiger partial charge in [-0.15, -0.1) is 0 Å². The van der Waals surface area contributed by atoms with Crippen molar-refractivity contribution < 1.29 is 0 Å². The van der Waals surface area contributed by atoms with Gasteiger partial charge in [-0.2, -0.15) is 0 Å². The van der Waals surface area contributed by atoms with Crippen LogP contribution in [0.4, 0.5) is 0 Å². The first-order chi connectivity index (χ1) is 7.83. The number of hydrogen-bond acceptors (Lipinski definition) is 2. The first-order valence-electron chi connectivity index (χ1n) is 7.30. The van der Waals surface area contributed by atoms with Gasteiger partial charge in [-0.25, -0.2) is 0 Å². The number of nitrogens with zero attached hydrogens (tertiary/aromatic N) is 1. The van der Waals surface area contributed by atoms with Crippen LogP contribution in [0.1, 0.15) is 52.4 Å². The number of hydrogen-bond donors (Lipinski definition) is 1. The maximum absolute atomic E-state index is 3.67. The molecule has 0 aromatic heterocycles. The molecule has 94 valence electrons. The Bertz CT molecular complexity index is 201. The topological polar surface area (TPSA) is 15.3 Å². The Morgan fingerprint density at radius 3 is 2.69 bits per heavy atom. The normalized spacial score (nSPS) is 28.5. The first kappa shape index (κ1) is 12.4. The van der Waals surface area contributed by atoms with Crippen molar-refractivity contribution in [1.29, 1.82) is 0 Å². The molecule has 0 radical (unpaired) electrons. The Morgan fingerprint density at radius 1 is 1.25 bits per heavy atom. The van der Waals surface area contributed by atoms with Gasteiger partial charge in [0.15, 0.2) is 0 Å². The maximum Gasteiger partial charge on any atom is 0.0207 e. The number of nitrogens with one attached hydrogen (secondary N) is 1. The van der Waals surface area contributed by atoms with Gasteiger partial charge >= 0.3 is 0 Å². The smallest absolute Gasteiger partial charge is 0.0207 e. The third kappa shape index (κ3) is 3.46. The van der Waals surface area contributed by atoms with Gasteiger partial charge < -0.3 is 5.32 Å². The van der Waals surface area contributed by atoms with E-state index in [0.29, 0.717) is 0 Å². The third-order valence-electron chi connectivity index (χ3n) is 4.19. The molecule has 2 aliphatic rings. The summed E-state index contributed by atoms with van der Waals surface area (Å²) in [5.41, 5.74) is 0. The molecule has 1 saturated carbocycles. The zero-order valence-corrected chi connectivity index (χ0v) is 11.0. The molecule has 1 aliphatic heterocycles. The van der Waals surface area contributed by atoms with Crippen LogP contribution >= 0.6 is 0 Å². The lowest BCUT2D eigenvalue weighted by molar-refractivity contribution is 0.212. The van der Waals surface area contributed by atoms with E-state index in [1.807, 2.05) is 0 Å². The molecular formula is C14H28N2. The Morgan fingerprint density at radius 2 is 2.06 bits per heavy atom. The SMILES string of the molecule is CCCNC1CCN(C(CC)CC2CC2)C1. The summed E-state index contributed by atoms with van der Waals surface area (Å²) in [6, 6.07) is 1.65. The highest BCUT2D eigenvalue weighted by Gasteiger charge is 2.31. The van der Waals surface area contributed by atoms with E-state index in [-0.39, 0.29) is 0 Å². The standard InChI is InChI=1S/C14H28N2/c1-3-8-15-13-7-9-16(11-13)14(4-2)10-12-5-6-12/h12-15H,3-11H2,1-2H3. The van der Waals surface area contributed by atoms with Gasteiger partial charge in [-0.1, -0.05) is 26.7 Å². The van der Waals surface area contributed by atoms with E-state index in [4.69, 9.17) is 0 Å². The molecule has 0 aromatic rings. The Hall–Kier alpha value is -0.0800. The van der Waals surface area contributed by atoms with E-state index in [0.717, 1.165) is 18.0 Å². The zero-order valence-electron chi connectivity index (χ0n) is 11.0. The molecule has 16 heavy (non-hydrogen) atoms. The van der Waals surface area contributed by atoms with Crippen molar-refractivity contribution in [3.05, 3.63) is 0 Å². The summed E-state index contributed by atoms with van der Waals surface area (Å²) in [5, 5.41) is 3.67. The van der Waals surface area contributed by atoms with Gasteiger partial charge in [0, 0.05) is 25.2 Å². The lowest BCUT2D eigenvalue weighted by atomic mass is 10.1. The van der Waals surface area contributed by atoms with Crippen molar-refractivity contribution in [2.75, 3.05) is 19.6 Å². The summed E-state index contributed by atoms with van der Waals surface area (Å²) in [6.07, 6.45) is 8.44. The predicted molar refractivity (Wildman–Crippen MR) is 69.7 cm³/mol. The minimum absolute atomic E-state index is 0.771. The molecule has 0 aromatic carbocycles. The summed E-state index contributed by atoms with van der Waals surface area (Å²) in [4.78, 5) is 2.74. The highest BCUT2D eigenvalue weighted by atomic mass is 15.2. The van der Waals surface area contributed by atoms with Crippen molar-refractivity contribution in [3.63, 3.8) is 0 Å². The molecule has 1 saturated heterocycles. The van der Waals surface area contributed by atoms with Crippen molar-refractivity contribution in [2.24, 2.45) is 5.92 Å². The number of rotatable bonds is 7. The second-order valence-electron chi connectivity index (χ2n) is 5.68. The van der Waals surface area contributed by atoms with Gasteiger partial charge in [0.1, 0.15) is 0 Å². The maximum atomic E-state index is 3.67. The highest BCUT2D eigenvalue weighted by molar-refractivity contribution is 4.88. The average molecular weight is 224 g/mol. The van der Waals surface area contributed by atoms with Crippen LogP contribution in [0.15, 0.2) is 0 Å². The molecule has 0 spiro atoms. The van der Waals surface area contributed by atoms with E-state index in [1.54, 1.807) is 0 Å². The minimum atomic E-state index is 0.771. The molecule has 2 unspecified atom stereocenters. The Labute approximate surface area is 101 Å². The Balaban J connectivity index is 1.72. The predicted octanol–water partition coefficient (Wildman–Crippen LogP) is 2.64. The summed E-state index contributed by atoms with van der Waals surface area (Å²) < 4.78 is 0. The van der Waals surface area contributed by atoms with Crippen LogP contribution in [0.5, 0.6) is 0 Å². The second kappa shape index (κ2) is 6.02.